The zero-order valence-corrected chi connectivity index (χ0v) is 13.6. The van der Waals surface area contributed by atoms with Crippen molar-refractivity contribution in [3.63, 3.8) is 0 Å². The molecule has 0 aromatic heterocycles. The van der Waals surface area contributed by atoms with Crippen LogP contribution in [0, 0.1) is 23.0 Å². The molecule has 1 aromatic carbocycles. The number of carbonyl (C=O) groups excluding carboxylic acids is 1. The van der Waals surface area contributed by atoms with E-state index in [0.717, 1.165) is 6.07 Å². The number of nitrogens with one attached hydrogen (secondary N) is 1. The molecule has 0 aliphatic heterocycles. The Morgan fingerprint density at radius 3 is 2.55 bits per heavy atom. The molecule has 0 aliphatic carbocycles. The first kappa shape index (κ1) is 18.6. The molecular formula is C17H25F2NO2. The lowest BCUT2D eigenvalue weighted by molar-refractivity contribution is -0.122. The van der Waals surface area contributed by atoms with Gasteiger partial charge >= 0.3 is 0 Å². The van der Waals surface area contributed by atoms with Crippen molar-refractivity contribution < 1.29 is 18.7 Å². The van der Waals surface area contributed by atoms with Crippen molar-refractivity contribution in [3.05, 3.63) is 35.4 Å². The zero-order valence-electron chi connectivity index (χ0n) is 13.6. The maximum Gasteiger partial charge on any atom is 0.220 e. The van der Waals surface area contributed by atoms with Crippen LogP contribution in [0.25, 0.3) is 0 Å². The molecule has 0 bridgehead atoms. The van der Waals surface area contributed by atoms with Gasteiger partial charge in [-0.05, 0) is 24.0 Å². The summed E-state index contributed by atoms with van der Waals surface area (Å²) in [4.78, 5) is 11.8. The Bertz CT molecular complexity index is 515. The third-order valence-corrected chi connectivity index (χ3v) is 3.83. The number of aliphatic hydroxyl groups excluding tert-OH is 1. The molecule has 0 saturated heterocycles. The molecule has 0 fully saturated rings. The molecule has 0 spiro atoms. The van der Waals surface area contributed by atoms with Crippen molar-refractivity contribution in [1.29, 1.82) is 0 Å². The maximum absolute atomic E-state index is 13.5. The average Bonchev–Trinajstić information content (AvgIpc) is 2.45. The summed E-state index contributed by atoms with van der Waals surface area (Å²) >= 11 is 0. The van der Waals surface area contributed by atoms with Gasteiger partial charge in [0.15, 0.2) is 11.6 Å². The summed E-state index contributed by atoms with van der Waals surface area (Å²) in [7, 11) is 0. The highest BCUT2D eigenvalue weighted by molar-refractivity contribution is 5.76. The highest BCUT2D eigenvalue weighted by Gasteiger charge is 2.30. The van der Waals surface area contributed by atoms with Gasteiger partial charge in [-0.2, -0.15) is 0 Å². The number of aliphatic hydroxyl groups is 1. The fraction of sp³-hybridized carbons (Fsp3) is 0.588. The number of halogens is 2. The van der Waals surface area contributed by atoms with Gasteiger partial charge < -0.3 is 10.4 Å². The molecular weight excluding hydrogens is 288 g/mol. The van der Waals surface area contributed by atoms with Crippen LogP contribution in [0.5, 0.6) is 0 Å². The number of hydrogen-bond donors (Lipinski definition) is 2. The highest BCUT2D eigenvalue weighted by atomic mass is 19.2. The Morgan fingerprint density at radius 2 is 1.95 bits per heavy atom. The van der Waals surface area contributed by atoms with Crippen LogP contribution in [0.3, 0.4) is 0 Å². The fourth-order valence-electron chi connectivity index (χ4n) is 2.41. The van der Waals surface area contributed by atoms with E-state index in [-0.39, 0.29) is 30.2 Å². The van der Waals surface area contributed by atoms with Crippen molar-refractivity contribution in [2.75, 3.05) is 6.54 Å². The van der Waals surface area contributed by atoms with Gasteiger partial charge in [0.2, 0.25) is 5.91 Å². The zero-order chi connectivity index (χ0) is 16.9. The largest absolute Gasteiger partial charge is 0.392 e. The highest BCUT2D eigenvalue weighted by Crippen LogP contribution is 2.25. The molecule has 22 heavy (non-hydrogen) atoms. The van der Waals surface area contributed by atoms with Gasteiger partial charge in [-0.25, -0.2) is 8.78 Å². The van der Waals surface area contributed by atoms with Crippen LogP contribution in [-0.4, -0.2) is 23.7 Å². The predicted molar refractivity (Wildman–Crippen MR) is 82.3 cm³/mol. The standard InChI is InChI=1S/C17H25F2NO2/c1-11(2)16(22)17(3,4)10-20-14(21)9-8-12-6-5-7-13(18)15(12)19/h5-7,11,16,22H,8-10H2,1-4H3,(H,20,21). The van der Waals surface area contributed by atoms with Crippen LogP contribution < -0.4 is 5.32 Å². The van der Waals surface area contributed by atoms with Gasteiger partial charge in [0, 0.05) is 18.4 Å². The van der Waals surface area contributed by atoms with Gasteiger partial charge in [0.05, 0.1) is 6.10 Å². The molecule has 0 saturated carbocycles. The lowest BCUT2D eigenvalue weighted by atomic mass is 9.80. The van der Waals surface area contributed by atoms with Crippen LogP contribution in [0.2, 0.25) is 0 Å². The van der Waals surface area contributed by atoms with Crippen LogP contribution in [0.15, 0.2) is 18.2 Å². The van der Waals surface area contributed by atoms with Gasteiger partial charge in [0.25, 0.3) is 0 Å². The predicted octanol–water partition coefficient (Wildman–Crippen LogP) is 3.06. The second-order valence-corrected chi connectivity index (χ2v) is 6.67. The van der Waals surface area contributed by atoms with Gasteiger partial charge in [-0.15, -0.1) is 0 Å². The molecule has 0 radical (unpaired) electrons. The van der Waals surface area contributed by atoms with E-state index >= 15 is 0 Å². The van der Waals surface area contributed by atoms with Crippen LogP contribution in [0.4, 0.5) is 8.78 Å². The smallest absolute Gasteiger partial charge is 0.220 e. The Kier molecular flexibility index (Phi) is 6.48. The van der Waals surface area contributed by atoms with Crippen molar-refractivity contribution in [3.8, 4) is 0 Å². The first-order valence-electron chi connectivity index (χ1n) is 7.53. The van der Waals surface area contributed by atoms with Crippen molar-refractivity contribution in [1.82, 2.24) is 5.32 Å². The Labute approximate surface area is 130 Å². The molecule has 1 unspecified atom stereocenters. The first-order valence-corrected chi connectivity index (χ1v) is 7.53. The topological polar surface area (TPSA) is 49.3 Å². The summed E-state index contributed by atoms with van der Waals surface area (Å²) in [6, 6.07) is 3.95. The third-order valence-electron chi connectivity index (χ3n) is 3.83. The van der Waals surface area contributed by atoms with E-state index in [1.54, 1.807) is 0 Å². The molecule has 2 N–H and O–H groups in total. The summed E-state index contributed by atoms with van der Waals surface area (Å²) in [5.41, 5.74) is -0.259. The van der Waals surface area contributed by atoms with Crippen molar-refractivity contribution in [2.45, 2.75) is 46.6 Å². The number of amides is 1. The molecule has 0 aliphatic rings. The van der Waals surface area contributed by atoms with E-state index in [2.05, 4.69) is 5.32 Å². The number of hydrogen-bond acceptors (Lipinski definition) is 2. The first-order chi connectivity index (χ1) is 10.1. The van der Waals surface area contributed by atoms with E-state index in [0.29, 0.717) is 6.54 Å². The minimum Gasteiger partial charge on any atom is -0.392 e. The molecule has 124 valence electrons. The second kappa shape index (κ2) is 7.68. The molecule has 5 heteroatoms. The fourth-order valence-corrected chi connectivity index (χ4v) is 2.41. The van der Waals surface area contributed by atoms with E-state index in [4.69, 9.17) is 0 Å². The SMILES string of the molecule is CC(C)C(O)C(C)(C)CNC(=O)CCc1cccc(F)c1F. The van der Waals surface area contributed by atoms with Crippen LogP contribution in [-0.2, 0) is 11.2 Å². The summed E-state index contributed by atoms with van der Waals surface area (Å²) in [5, 5.41) is 12.8. The summed E-state index contributed by atoms with van der Waals surface area (Å²) < 4.78 is 26.6. The normalized spacial score (nSPS) is 13.3. The number of benzene rings is 1. The number of aryl methyl sites for hydroxylation is 1. The molecule has 1 rings (SSSR count). The van der Waals surface area contributed by atoms with Crippen LogP contribution in [0.1, 0.15) is 39.7 Å². The average molecular weight is 313 g/mol. The Hall–Kier alpha value is -1.49. The summed E-state index contributed by atoms with van der Waals surface area (Å²) in [6.45, 7) is 7.92. The van der Waals surface area contributed by atoms with Gasteiger partial charge in [-0.1, -0.05) is 39.8 Å². The van der Waals surface area contributed by atoms with Crippen molar-refractivity contribution >= 4 is 5.91 Å². The Balaban J connectivity index is 2.49. The lowest BCUT2D eigenvalue weighted by Crippen LogP contribution is -2.43. The summed E-state index contributed by atoms with van der Waals surface area (Å²) in [5.74, 6) is -1.95. The van der Waals surface area contributed by atoms with E-state index in [1.165, 1.54) is 12.1 Å². The number of carbonyl (C=O) groups is 1. The number of rotatable bonds is 7. The molecule has 0 heterocycles. The van der Waals surface area contributed by atoms with Crippen molar-refractivity contribution in [2.24, 2.45) is 11.3 Å². The molecule has 3 nitrogen and oxygen atoms in total. The lowest BCUT2D eigenvalue weighted by Gasteiger charge is -2.33. The molecule has 1 atom stereocenters. The minimum absolute atomic E-state index is 0.0776. The monoisotopic (exact) mass is 313 g/mol. The van der Waals surface area contributed by atoms with E-state index in [9.17, 15) is 18.7 Å². The third kappa shape index (κ3) is 5.05. The van der Waals surface area contributed by atoms with Gasteiger partial charge in [0.1, 0.15) is 0 Å². The van der Waals surface area contributed by atoms with Gasteiger partial charge in [-0.3, -0.25) is 4.79 Å². The van der Waals surface area contributed by atoms with E-state index < -0.39 is 23.2 Å². The maximum atomic E-state index is 13.5. The molecule has 1 amide bonds. The Morgan fingerprint density at radius 1 is 1.32 bits per heavy atom. The second-order valence-electron chi connectivity index (χ2n) is 6.67. The molecule has 1 aromatic rings. The van der Waals surface area contributed by atoms with Crippen LogP contribution >= 0.6 is 0 Å². The minimum atomic E-state index is -0.904. The summed E-state index contributed by atoms with van der Waals surface area (Å²) in [6.07, 6.45) is -0.315. The van der Waals surface area contributed by atoms with E-state index in [1.807, 2.05) is 27.7 Å². The quantitative estimate of drug-likeness (QED) is 0.813.